The summed E-state index contributed by atoms with van der Waals surface area (Å²) in [7, 11) is 1.84. The van der Waals surface area contributed by atoms with Crippen LogP contribution < -0.4 is 0 Å². The van der Waals surface area contributed by atoms with Crippen LogP contribution in [0.15, 0.2) is 0 Å². The van der Waals surface area contributed by atoms with Crippen molar-refractivity contribution in [2.24, 2.45) is 23.7 Å². The molecule has 0 spiro atoms. The highest BCUT2D eigenvalue weighted by Crippen LogP contribution is 2.37. The molecule has 0 aromatic heterocycles. The lowest BCUT2D eigenvalue weighted by Crippen LogP contribution is -2.39. The van der Waals surface area contributed by atoms with E-state index < -0.39 is 11.9 Å². The van der Waals surface area contributed by atoms with Crippen molar-refractivity contribution in [1.82, 2.24) is 4.90 Å². The van der Waals surface area contributed by atoms with Gasteiger partial charge in [-0.05, 0) is 37.5 Å². The normalized spacial score (nSPS) is 31.6. The van der Waals surface area contributed by atoms with Crippen LogP contribution in [0.5, 0.6) is 0 Å². The monoisotopic (exact) mass is 267 g/mol. The van der Waals surface area contributed by atoms with Gasteiger partial charge in [-0.1, -0.05) is 19.8 Å². The van der Waals surface area contributed by atoms with E-state index in [-0.39, 0.29) is 11.8 Å². The summed E-state index contributed by atoms with van der Waals surface area (Å²) in [5.41, 5.74) is 0. The van der Waals surface area contributed by atoms with Crippen LogP contribution in [-0.4, -0.2) is 35.5 Å². The Morgan fingerprint density at radius 3 is 2.32 bits per heavy atom. The highest BCUT2D eigenvalue weighted by atomic mass is 16.4. The van der Waals surface area contributed by atoms with E-state index in [4.69, 9.17) is 0 Å². The zero-order chi connectivity index (χ0) is 14.0. The zero-order valence-corrected chi connectivity index (χ0v) is 12.0. The van der Waals surface area contributed by atoms with Crippen molar-refractivity contribution in [2.75, 3.05) is 13.6 Å². The van der Waals surface area contributed by atoms with Crippen molar-refractivity contribution in [2.45, 2.75) is 45.4 Å². The Kier molecular flexibility index (Phi) is 4.48. The molecule has 3 atom stereocenters. The molecular weight excluding hydrogens is 242 g/mol. The molecule has 2 saturated carbocycles. The molecule has 2 rings (SSSR count). The lowest BCUT2D eigenvalue weighted by atomic mass is 9.94. The van der Waals surface area contributed by atoms with Gasteiger partial charge in [0, 0.05) is 13.6 Å². The van der Waals surface area contributed by atoms with Gasteiger partial charge in [0.1, 0.15) is 0 Å². The van der Waals surface area contributed by atoms with Gasteiger partial charge in [0.25, 0.3) is 0 Å². The van der Waals surface area contributed by atoms with Crippen molar-refractivity contribution in [3.05, 3.63) is 0 Å². The summed E-state index contributed by atoms with van der Waals surface area (Å²) in [6, 6.07) is 0. The largest absolute Gasteiger partial charge is 0.481 e. The maximum atomic E-state index is 12.5. The van der Waals surface area contributed by atoms with Crippen LogP contribution in [0.1, 0.15) is 45.4 Å². The van der Waals surface area contributed by atoms with E-state index in [9.17, 15) is 14.7 Å². The molecule has 0 saturated heterocycles. The highest BCUT2D eigenvalue weighted by molar-refractivity contribution is 5.85. The molecule has 0 radical (unpaired) electrons. The molecule has 2 aliphatic rings. The van der Waals surface area contributed by atoms with Crippen LogP contribution in [0.4, 0.5) is 0 Å². The summed E-state index contributed by atoms with van der Waals surface area (Å²) in [6.07, 6.45) is 6.33. The quantitative estimate of drug-likeness (QED) is 0.850. The van der Waals surface area contributed by atoms with Gasteiger partial charge >= 0.3 is 5.97 Å². The Bertz CT molecular complexity index is 349. The predicted octanol–water partition coefficient (Wildman–Crippen LogP) is 2.38. The lowest BCUT2D eigenvalue weighted by molar-refractivity contribution is -0.148. The van der Waals surface area contributed by atoms with E-state index in [0.29, 0.717) is 18.3 Å². The van der Waals surface area contributed by atoms with Crippen molar-refractivity contribution < 1.29 is 14.7 Å². The number of carboxylic acids is 1. The van der Waals surface area contributed by atoms with Crippen LogP contribution in [0.25, 0.3) is 0 Å². The van der Waals surface area contributed by atoms with Crippen molar-refractivity contribution in [1.29, 1.82) is 0 Å². The van der Waals surface area contributed by atoms with E-state index in [2.05, 4.69) is 0 Å². The highest BCUT2D eigenvalue weighted by Gasteiger charge is 2.42. The molecular formula is C15H25NO3. The van der Waals surface area contributed by atoms with Gasteiger partial charge in [0.05, 0.1) is 11.8 Å². The molecule has 2 aliphatic carbocycles. The van der Waals surface area contributed by atoms with Crippen molar-refractivity contribution in [3.63, 3.8) is 0 Å². The maximum Gasteiger partial charge on any atom is 0.307 e. The standard InChI is InChI=1S/C15H25NO3/c1-10-7-12(13(8-10)15(18)19)14(17)16(2)9-11-5-3-4-6-11/h10-13H,3-9H2,1-2H3,(H,18,19). The molecule has 4 heteroatoms. The van der Waals surface area contributed by atoms with E-state index in [1.54, 1.807) is 4.90 Å². The fraction of sp³-hybridized carbons (Fsp3) is 0.867. The van der Waals surface area contributed by atoms with E-state index >= 15 is 0 Å². The van der Waals surface area contributed by atoms with Crippen LogP contribution in [-0.2, 0) is 9.59 Å². The van der Waals surface area contributed by atoms with Crippen LogP contribution in [0, 0.1) is 23.7 Å². The van der Waals surface area contributed by atoms with Gasteiger partial charge < -0.3 is 10.0 Å². The topological polar surface area (TPSA) is 57.6 Å². The van der Waals surface area contributed by atoms with Crippen LogP contribution in [0.3, 0.4) is 0 Å². The smallest absolute Gasteiger partial charge is 0.307 e. The second-order valence-corrected chi connectivity index (χ2v) is 6.50. The predicted molar refractivity (Wildman–Crippen MR) is 72.6 cm³/mol. The molecule has 0 aromatic rings. The Hall–Kier alpha value is -1.06. The summed E-state index contributed by atoms with van der Waals surface area (Å²) in [5, 5.41) is 9.25. The second-order valence-electron chi connectivity index (χ2n) is 6.50. The first-order valence-corrected chi connectivity index (χ1v) is 7.46. The number of carbonyl (C=O) groups excluding carboxylic acids is 1. The molecule has 19 heavy (non-hydrogen) atoms. The first-order chi connectivity index (χ1) is 8.99. The molecule has 3 unspecified atom stereocenters. The maximum absolute atomic E-state index is 12.5. The van der Waals surface area contributed by atoms with Gasteiger partial charge in [0.15, 0.2) is 0 Å². The Labute approximate surface area is 115 Å². The third kappa shape index (κ3) is 3.28. The number of amides is 1. The lowest BCUT2D eigenvalue weighted by Gasteiger charge is -2.25. The summed E-state index contributed by atoms with van der Waals surface area (Å²) in [6.45, 7) is 2.84. The number of nitrogens with zero attached hydrogens (tertiary/aromatic N) is 1. The van der Waals surface area contributed by atoms with E-state index in [0.717, 1.165) is 13.0 Å². The fourth-order valence-corrected chi connectivity index (χ4v) is 3.79. The number of hydrogen-bond acceptors (Lipinski definition) is 2. The molecule has 1 N–H and O–H groups in total. The average Bonchev–Trinajstić information content (AvgIpc) is 2.97. The number of rotatable bonds is 4. The van der Waals surface area contributed by atoms with Crippen molar-refractivity contribution in [3.8, 4) is 0 Å². The first-order valence-electron chi connectivity index (χ1n) is 7.46. The van der Waals surface area contributed by atoms with Gasteiger partial charge in [-0.15, -0.1) is 0 Å². The third-order valence-corrected chi connectivity index (χ3v) is 4.82. The molecule has 2 fully saturated rings. The molecule has 0 bridgehead atoms. The summed E-state index contributed by atoms with van der Waals surface area (Å²) < 4.78 is 0. The van der Waals surface area contributed by atoms with Gasteiger partial charge in [-0.2, -0.15) is 0 Å². The summed E-state index contributed by atoms with van der Waals surface area (Å²) in [4.78, 5) is 25.5. The van der Waals surface area contributed by atoms with Gasteiger partial charge in [-0.25, -0.2) is 0 Å². The fourth-order valence-electron chi connectivity index (χ4n) is 3.79. The number of carboxylic acid groups (broad SMARTS) is 1. The molecule has 108 valence electrons. The Balaban J connectivity index is 1.95. The van der Waals surface area contributed by atoms with Crippen LogP contribution in [0.2, 0.25) is 0 Å². The average molecular weight is 267 g/mol. The van der Waals surface area contributed by atoms with Gasteiger partial charge in [0.2, 0.25) is 5.91 Å². The molecule has 4 nitrogen and oxygen atoms in total. The molecule has 1 amide bonds. The zero-order valence-electron chi connectivity index (χ0n) is 12.0. The molecule has 0 aliphatic heterocycles. The number of carbonyl (C=O) groups is 2. The first kappa shape index (κ1) is 14.4. The van der Waals surface area contributed by atoms with E-state index in [1.807, 2.05) is 14.0 Å². The molecule has 0 aromatic carbocycles. The minimum atomic E-state index is -0.808. The van der Waals surface area contributed by atoms with Gasteiger partial charge in [-0.3, -0.25) is 9.59 Å². The van der Waals surface area contributed by atoms with Crippen LogP contribution >= 0.6 is 0 Å². The third-order valence-electron chi connectivity index (χ3n) is 4.82. The van der Waals surface area contributed by atoms with E-state index in [1.165, 1.54) is 25.7 Å². The second kappa shape index (κ2) is 5.93. The number of aliphatic carboxylic acids is 1. The SMILES string of the molecule is CC1CC(C(=O)O)C(C(=O)N(C)CC2CCCC2)C1. The minimum absolute atomic E-state index is 0.0450. The Morgan fingerprint density at radius 2 is 1.74 bits per heavy atom. The molecule has 0 heterocycles. The minimum Gasteiger partial charge on any atom is -0.481 e. The van der Waals surface area contributed by atoms with Crippen molar-refractivity contribution >= 4 is 11.9 Å². The summed E-state index contributed by atoms with van der Waals surface area (Å²) >= 11 is 0. The Morgan fingerprint density at radius 1 is 1.16 bits per heavy atom. The number of hydrogen-bond donors (Lipinski definition) is 1. The summed E-state index contributed by atoms with van der Waals surface area (Å²) in [5.74, 6) is -0.584.